The van der Waals surface area contributed by atoms with Gasteiger partial charge in [0.15, 0.2) is 5.78 Å². The second-order valence-corrected chi connectivity index (χ2v) is 4.27. The fourth-order valence-electron chi connectivity index (χ4n) is 1.94. The molecule has 0 amide bonds. The van der Waals surface area contributed by atoms with Crippen LogP contribution in [0.2, 0.25) is 0 Å². The van der Waals surface area contributed by atoms with E-state index < -0.39 is 0 Å². The molecule has 0 aromatic heterocycles. The Hall–Kier alpha value is -1.83. The van der Waals surface area contributed by atoms with E-state index in [0.29, 0.717) is 12.2 Å². The van der Waals surface area contributed by atoms with Crippen molar-refractivity contribution in [1.82, 2.24) is 0 Å². The fourth-order valence-corrected chi connectivity index (χ4v) is 1.94. The van der Waals surface area contributed by atoms with E-state index in [1.54, 1.807) is 6.08 Å². The molecule has 0 atom stereocenters. The molecule has 0 heterocycles. The van der Waals surface area contributed by atoms with Gasteiger partial charge in [0, 0.05) is 24.5 Å². The summed E-state index contributed by atoms with van der Waals surface area (Å²) in [6.45, 7) is 5.95. The Bertz CT molecular complexity index is 483. The number of hydrogen-bond acceptors (Lipinski definition) is 2. The molecule has 88 valence electrons. The van der Waals surface area contributed by atoms with E-state index in [-0.39, 0.29) is 5.78 Å². The molecule has 1 aromatic carbocycles. The molecule has 0 spiro atoms. The van der Waals surface area contributed by atoms with Crippen LogP contribution in [0.1, 0.15) is 30.4 Å². The minimum absolute atomic E-state index is 0.142. The van der Waals surface area contributed by atoms with Crippen molar-refractivity contribution < 1.29 is 9.53 Å². The van der Waals surface area contributed by atoms with E-state index in [4.69, 9.17) is 4.74 Å². The van der Waals surface area contributed by atoms with Crippen molar-refractivity contribution in [3.63, 3.8) is 0 Å². The number of carbonyl (C=O) groups excluding carboxylic acids is 1. The van der Waals surface area contributed by atoms with Gasteiger partial charge >= 0.3 is 0 Å². The number of benzene rings is 1. The van der Waals surface area contributed by atoms with Crippen LogP contribution in [0.15, 0.2) is 42.7 Å². The molecule has 1 aliphatic rings. The zero-order chi connectivity index (χ0) is 12.3. The third-order valence-corrected chi connectivity index (χ3v) is 2.87. The molecule has 1 aromatic rings. The van der Waals surface area contributed by atoms with Crippen LogP contribution in [0.4, 0.5) is 0 Å². The minimum Gasteiger partial charge on any atom is -0.462 e. The van der Waals surface area contributed by atoms with Gasteiger partial charge in [-0.05, 0) is 18.9 Å². The highest BCUT2D eigenvalue weighted by molar-refractivity contribution is 5.91. The van der Waals surface area contributed by atoms with Gasteiger partial charge in [-0.25, -0.2) is 0 Å². The third-order valence-electron chi connectivity index (χ3n) is 2.87. The SMILES string of the molecule is C=C(OC1=CC(=O)CCC1)c1ccccc1C. The Balaban J connectivity index is 2.12. The molecule has 2 rings (SSSR count). The highest BCUT2D eigenvalue weighted by atomic mass is 16.5. The molecule has 0 radical (unpaired) electrons. The van der Waals surface area contributed by atoms with E-state index in [9.17, 15) is 4.79 Å². The van der Waals surface area contributed by atoms with Gasteiger partial charge in [-0.1, -0.05) is 30.8 Å². The van der Waals surface area contributed by atoms with E-state index in [1.165, 1.54) is 0 Å². The first-order valence-corrected chi connectivity index (χ1v) is 5.83. The number of rotatable bonds is 3. The third kappa shape index (κ3) is 2.84. The Morgan fingerprint density at radius 2 is 2.06 bits per heavy atom. The van der Waals surface area contributed by atoms with E-state index >= 15 is 0 Å². The predicted molar refractivity (Wildman–Crippen MR) is 68.2 cm³/mol. The smallest absolute Gasteiger partial charge is 0.159 e. The summed E-state index contributed by atoms with van der Waals surface area (Å²) in [5.74, 6) is 1.49. The van der Waals surface area contributed by atoms with Crippen LogP contribution in [-0.2, 0) is 9.53 Å². The van der Waals surface area contributed by atoms with Gasteiger partial charge in [-0.15, -0.1) is 0 Å². The Labute approximate surface area is 102 Å². The van der Waals surface area contributed by atoms with E-state index in [1.807, 2.05) is 31.2 Å². The highest BCUT2D eigenvalue weighted by Crippen LogP contribution is 2.25. The second kappa shape index (κ2) is 5.00. The molecule has 0 aliphatic heterocycles. The number of hydrogen-bond donors (Lipinski definition) is 0. The van der Waals surface area contributed by atoms with Crippen molar-refractivity contribution in [2.24, 2.45) is 0 Å². The van der Waals surface area contributed by atoms with Crippen LogP contribution in [0, 0.1) is 6.92 Å². The normalized spacial score (nSPS) is 15.4. The van der Waals surface area contributed by atoms with Gasteiger partial charge in [-0.2, -0.15) is 0 Å². The van der Waals surface area contributed by atoms with Crippen LogP contribution in [0.3, 0.4) is 0 Å². The minimum atomic E-state index is 0.142. The number of aryl methyl sites for hydroxylation is 1. The van der Waals surface area contributed by atoms with Crippen molar-refractivity contribution in [2.45, 2.75) is 26.2 Å². The van der Waals surface area contributed by atoms with Crippen LogP contribution < -0.4 is 0 Å². The average molecular weight is 228 g/mol. The quantitative estimate of drug-likeness (QED) is 0.738. The monoisotopic (exact) mass is 228 g/mol. The maximum absolute atomic E-state index is 11.3. The van der Waals surface area contributed by atoms with E-state index in [0.717, 1.165) is 29.7 Å². The summed E-state index contributed by atoms with van der Waals surface area (Å²) < 4.78 is 5.67. The molecule has 2 nitrogen and oxygen atoms in total. The maximum Gasteiger partial charge on any atom is 0.159 e. The van der Waals surface area contributed by atoms with Crippen molar-refractivity contribution in [3.8, 4) is 0 Å². The first-order valence-electron chi connectivity index (χ1n) is 5.83. The van der Waals surface area contributed by atoms with Crippen LogP contribution in [-0.4, -0.2) is 5.78 Å². The summed E-state index contributed by atoms with van der Waals surface area (Å²) in [4.78, 5) is 11.3. The lowest BCUT2D eigenvalue weighted by Gasteiger charge is -2.16. The molecule has 0 saturated carbocycles. The molecule has 0 bridgehead atoms. The van der Waals surface area contributed by atoms with Crippen molar-refractivity contribution in [2.75, 3.05) is 0 Å². The van der Waals surface area contributed by atoms with Gasteiger partial charge in [-0.3, -0.25) is 4.79 Å². The van der Waals surface area contributed by atoms with Crippen molar-refractivity contribution in [3.05, 3.63) is 53.8 Å². The van der Waals surface area contributed by atoms with Crippen LogP contribution in [0.5, 0.6) is 0 Å². The zero-order valence-electron chi connectivity index (χ0n) is 10.0. The lowest BCUT2D eigenvalue weighted by Crippen LogP contribution is -2.05. The highest BCUT2D eigenvalue weighted by Gasteiger charge is 2.13. The first-order chi connectivity index (χ1) is 8.16. The lowest BCUT2D eigenvalue weighted by molar-refractivity contribution is -0.115. The predicted octanol–water partition coefficient (Wildman–Crippen LogP) is 3.62. The number of allylic oxidation sites excluding steroid dienone is 2. The maximum atomic E-state index is 11.3. The summed E-state index contributed by atoms with van der Waals surface area (Å²) in [7, 11) is 0. The molecule has 0 unspecified atom stereocenters. The standard InChI is InChI=1S/C15H16O2/c1-11-6-3-4-9-15(11)12(2)17-14-8-5-7-13(16)10-14/h3-4,6,9-10H,2,5,7-8H2,1H3. The molecule has 0 saturated heterocycles. The lowest BCUT2D eigenvalue weighted by atomic mass is 10.0. The molecule has 2 heteroatoms. The number of carbonyl (C=O) groups is 1. The molecule has 1 aliphatic carbocycles. The van der Waals surface area contributed by atoms with Gasteiger partial charge < -0.3 is 4.74 Å². The largest absolute Gasteiger partial charge is 0.462 e. The summed E-state index contributed by atoms with van der Waals surface area (Å²) in [6, 6.07) is 7.93. The topological polar surface area (TPSA) is 26.3 Å². The molecule has 17 heavy (non-hydrogen) atoms. The van der Waals surface area contributed by atoms with E-state index in [2.05, 4.69) is 6.58 Å². The van der Waals surface area contributed by atoms with Crippen molar-refractivity contribution in [1.29, 1.82) is 0 Å². The van der Waals surface area contributed by atoms with Crippen LogP contribution in [0.25, 0.3) is 5.76 Å². The van der Waals surface area contributed by atoms with Crippen LogP contribution >= 0.6 is 0 Å². The Morgan fingerprint density at radius 1 is 1.29 bits per heavy atom. The summed E-state index contributed by atoms with van der Waals surface area (Å²) in [5, 5.41) is 0. The molecular formula is C15H16O2. The second-order valence-electron chi connectivity index (χ2n) is 4.27. The zero-order valence-corrected chi connectivity index (χ0v) is 10.0. The van der Waals surface area contributed by atoms with Gasteiger partial charge in [0.25, 0.3) is 0 Å². The Kier molecular flexibility index (Phi) is 3.43. The Morgan fingerprint density at radius 3 is 2.76 bits per heavy atom. The number of ether oxygens (including phenoxy) is 1. The summed E-state index contributed by atoms with van der Waals surface area (Å²) in [6.07, 6.45) is 3.90. The molecule has 0 fully saturated rings. The molecule has 0 N–H and O–H groups in total. The number of ketones is 1. The average Bonchev–Trinajstić information content (AvgIpc) is 2.29. The summed E-state index contributed by atoms with van der Waals surface area (Å²) >= 11 is 0. The fraction of sp³-hybridized carbons (Fsp3) is 0.267. The van der Waals surface area contributed by atoms with Crippen molar-refractivity contribution >= 4 is 11.5 Å². The van der Waals surface area contributed by atoms with Gasteiger partial charge in [0.1, 0.15) is 11.5 Å². The molecular weight excluding hydrogens is 212 g/mol. The van der Waals surface area contributed by atoms with Gasteiger partial charge in [0.05, 0.1) is 0 Å². The summed E-state index contributed by atoms with van der Waals surface area (Å²) in [5.41, 5.74) is 2.12. The van der Waals surface area contributed by atoms with Gasteiger partial charge in [0.2, 0.25) is 0 Å². The first kappa shape index (κ1) is 11.6.